The average molecular weight is 476 g/mol. The van der Waals surface area contributed by atoms with Gasteiger partial charge in [-0.15, -0.1) is 0 Å². The van der Waals surface area contributed by atoms with Gasteiger partial charge in [0.1, 0.15) is 0 Å². The monoisotopic (exact) mass is 475 g/mol. The molecule has 5 heteroatoms. The summed E-state index contributed by atoms with van der Waals surface area (Å²) in [5.41, 5.74) is 0. The van der Waals surface area contributed by atoms with Crippen molar-refractivity contribution in [2.24, 2.45) is 0 Å². The van der Waals surface area contributed by atoms with Crippen LogP contribution in [0.5, 0.6) is 0 Å². The molecule has 1 N–H and O–H groups in total. The van der Waals surface area contributed by atoms with Gasteiger partial charge in [0.25, 0.3) is 0 Å². The Morgan fingerprint density at radius 2 is 1.03 bits per heavy atom. The minimum absolute atomic E-state index is 0.629. The van der Waals surface area contributed by atoms with Gasteiger partial charge < -0.3 is 0 Å². The van der Waals surface area contributed by atoms with Crippen LogP contribution >= 0.6 is 15.7 Å². The molecule has 3 nitrogen and oxygen atoms in total. The maximum atomic E-state index is 6.94. The topological polar surface area (TPSA) is 30.5 Å². The second-order valence-electron chi connectivity index (χ2n) is 7.73. The number of ether oxygens (including phenoxy) is 1. The summed E-state index contributed by atoms with van der Waals surface area (Å²) in [6.45, 7) is 1.31. The van der Waals surface area contributed by atoms with Gasteiger partial charge in [-0.05, 0) is 0 Å². The van der Waals surface area contributed by atoms with Gasteiger partial charge in [0, 0.05) is 0 Å². The summed E-state index contributed by atoms with van der Waals surface area (Å²) in [6.07, 6.45) is 0.848. The molecule has 0 saturated heterocycles. The first kappa shape index (κ1) is 23.8. The number of hydrogen-bond donors (Lipinski definition) is 1. The molecule has 0 unspecified atom stereocenters. The first-order valence-electron chi connectivity index (χ1n) is 11.3. The predicted molar refractivity (Wildman–Crippen MR) is 145 cm³/mol. The standard InChI is InChI=1S/C28H31NO2P2/c1-30-23-14-24-31-33(27-19-10-4-11-20-27,28-21-12-5-13-22-28)29-32(25-15-6-2-7-16-25)26-17-8-3-9-18-26/h2-13,15-22,29,33H,14,23-24H2,1H3. The van der Waals surface area contributed by atoms with Crippen LogP contribution in [0, 0.1) is 0 Å². The molecule has 4 rings (SSSR count). The van der Waals surface area contributed by atoms with Gasteiger partial charge in [-0.3, -0.25) is 0 Å². The van der Waals surface area contributed by atoms with Crippen LogP contribution in [0.15, 0.2) is 121 Å². The molecule has 33 heavy (non-hydrogen) atoms. The molecule has 0 spiro atoms. The average Bonchev–Trinajstić information content (AvgIpc) is 2.90. The second-order valence-corrected chi connectivity index (χ2v) is 13.1. The molecule has 4 aromatic carbocycles. The maximum absolute atomic E-state index is 6.94. The Morgan fingerprint density at radius 3 is 1.45 bits per heavy atom. The van der Waals surface area contributed by atoms with E-state index >= 15 is 0 Å². The zero-order valence-electron chi connectivity index (χ0n) is 18.9. The van der Waals surface area contributed by atoms with Crippen LogP contribution in [-0.2, 0) is 9.26 Å². The normalized spacial score (nSPS) is 12.1. The van der Waals surface area contributed by atoms with Crippen molar-refractivity contribution in [2.75, 3.05) is 20.3 Å². The van der Waals surface area contributed by atoms with Gasteiger partial charge in [0.15, 0.2) is 0 Å². The quantitative estimate of drug-likeness (QED) is 0.247. The molecule has 0 radical (unpaired) electrons. The Bertz CT molecular complexity index is 1000. The van der Waals surface area contributed by atoms with E-state index in [0.717, 1.165) is 6.42 Å². The first-order valence-corrected chi connectivity index (χ1v) is 14.5. The fourth-order valence-electron chi connectivity index (χ4n) is 3.86. The Labute approximate surface area is 199 Å². The van der Waals surface area contributed by atoms with E-state index in [9.17, 15) is 0 Å². The molecule has 0 aliphatic heterocycles. The van der Waals surface area contributed by atoms with E-state index in [1.54, 1.807) is 7.11 Å². The Morgan fingerprint density at radius 1 is 0.606 bits per heavy atom. The summed E-state index contributed by atoms with van der Waals surface area (Å²) in [7, 11) is -1.92. The molecule has 0 aromatic heterocycles. The van der Waals surface area contributed by atoms with Crippen molar-refractivity contribution in [3.05, 3.63) is 121 Å². The predicted octanol–water partition coefficient (Wildman–Crippen LogP) is 4.91. The zero-order valence-corrected chi connectivity index (χ0v) is 20.8. The van der Waals surface area contributed by atoms with Crippen molar-refractivity contribution in [1.82, 2.24) is 4.86 Å². The number of hydrogen-bond acceptors (Lipinski definition) is 3. The van der Waals surface area contributed by atoms with Crippen LogP contribution in [0.1, 0.15) is 6.42 Å². The summed E-state index contributed by atoms with van der Waals surface area (Å²) >= 11 is 0. The SMILES string of the molecule is COCCCO[PH](NP(c1ccccc1)c1ccccc1)(c1ccccc1)c1ccccc1. The Kier molecular flexibility index (Phi) is 8.78. The third-order valence-corrected chi connectivity index (χ3v) is 12.2. The summed E-state index contributed by atoms with van der Waals surface area (Å²) in [5.74, 6) is 0. The van der Waals surface area contributed by atoms with Crippen LogP contribution in [0.25, 0.3) is 0 Å². The Hall–Kier alpha value is -2.38. The van der Waals surface area contributed by atoms with E-state index in [-0.39, 0.29) is 0 Å². The van der Waals surface area contributed by atoms with Crippen LogP contribution < -0.4 is 26.1 Å². The number of methoxy groups -OCH3 is 1. The minimum atomic E-state index is -2.80. The molecule has 0 aliphatic carbocycles. The van der Waals surface area contributed by atoms with Gasteiger partial charge in [0.2, 0.25) is 0 Å². The number of benzene rings is 4. The van der Waals surface area contributed by atoms with Crippen molar-refractivity contribution in [2.45, 2.75) is 6.42 Å². The molecule has 0 heterocycles. The fraction of sp³-hybridized carbons (Fsp3) is 0.143. The van der Waals surface area contributed by atoms with Gasteiger partial charge in [-0.1, -0.05) is 0 Å². The fourth-order valence-corrected chi connectivity index (χ4v) is 11.1. The molecule has 0 saturated carbocycles. The number of nitrogens with one attached hydrogen (secondary N) is 1. The summed E-state index contributed by atoms with van der Waals surface area (Å²) in [4.78, 5) is 4.15. The molecule has 170 valence electrons. The van der Waals surface area contributed by atoms with E-state index in [0.29, 0.717) is 13.2 Å². The zero-order chi connectivity index (χ0) is 22.8. The van der Waals surface area contributed by atoms with Crippen molar-refractivity contribution in [3.63, 3.8) is 0 Å². The summed E-state index contributed by atoms with van der Waals surface area (Å²) in [6, 6.07) is 42.8. The van der Waals surface area contributed by atoms with Gasteiger partial charge in [-0.25, -0.2) is 0 Å². The number of rotatable bonds is 11. The van der Waals surface area contributed by atoms with Crippen molar-refractivity contribution in [1.29, 1.82) is 0 Å². The van der Waals surface area contributed by atoms with Gasteiger partial charge >= 0.3 is 199 Å². The van der Waals surface area contributed by atoms with E-state index < -0.39 is 15.7 Å². The van der Waals surface area contributed by atoms with Crippen molar-refractivity contribution >= 4 is 36.9 Å². The molecular formula is C28H31NO2P2. The van der Waals surface area contributed by atoms with Crippen LogP contribution in [0.4, 0.5) is 0 Å². The van der Waals surface area contributed by atoms with Crippen LogP contribution in [-0.4, -0.2) is 20.3 Å². The van der Waals surface area contributed by atoms with Gasteiger partial charge in [-0.2, -0.15) is 0 Å². The third-order valence-electron chi connectivity index (χ3n) is 5.47. The summed E-state index contributed by atoms with van der Waals surface area (Å²) in [5, 5.41) is 4.99. The molecule has 0 amide bonds. The van der Waals surface area contributed by atoms with E-state index in [1.807, 2.05) is 0 Å². The van der Waals surface area contributed by atoms with E-state index in [4.69, 9.17) is 9.26 Å². The third kappa shape index (κ3) is 5.95. The molecule has 0 bridgehead atoms. The van der Waals surface area contributed by atoms with Gasteiger partial charge in [0.05, 0.1) is 0 Å². The van der Waals surface area contributed by atoms with Crippen LogP contribution in [0.3, 0.4) is 0 Å². The van der Waals surface area contributed by atoms with Crippen molar-refractivity contribution in [3.8, 4) is 0 Å². The molecule has 0 fully saturated rings. The first-order chi connectivity index (χ1) is 16.3. The molecule has 4 aromatic rings. The van der Waals surface area contributed by atoms with Crippen molar-refractivity contribution < 1.29 is 9.26 Å². The molecule has 0 atom stereocenters. The molecule has 0 aliphatic rings. The van der Waals surface area contributed by atoms with E-state index in [2.05, 4.69) is 126 Å². The van der Waals surface area contributed by atoms with E-state index in [1.165, 1.54) is 21.2 Å². The van der Waals surface area contributed by atoms with Crippen LogP contribution in [0.2, 0.25) is 0 Å². The Balaban J connectivity index is 1.84. The molecular weight excluding hydrogens is 444 g/mol. The summed E-state index contributed by atoms with van der Waals surface area (Å²) < 4.78 is 12.2. The second kappa shape index (κ2) is 12.2.